The third-order valence-electron chi connectivity index (χ3n) is 6.70. The molecule has 0 aliphatic carbocycles. The molecule has 0 amide bonds. The largest absolute Gasteiger partial charge is 0.416 e. The Hall–Kier alpha value is -4.44. The molecule has 6 rings (SSSR count). The molecular formula is C29H25F3N6O. The van der Waals surface area contributed by atoms with Crippen molar-refractivity contribution in [1.82, 2.24) is 20.0 Å². The van der Waals surface area contributed by atoms with Crippen molar-refractivity contribution in [3.8, 4) is 11.3 Å². The Bertz CT molecular complexity index is 1590. The van der Waals surface area contributed by atoms with E-state index in [-0.39, 0.29) is 6.54 Å². The number of benzene rings is 3. The highest BCUT2D eigenvalue weighted by molar-refractivity contribution is 6.00. The van der Waals surface area contributed by atoms with Crippen LogP contribution in [0.3, 0.4) is 0 Å². The fourth-order valence-electron chi connectivity index (χ4n) is 4.73. The molecule has 7 nitrogen and oxygen atoms in total. The molecule has 1 fully saturated rings. The van der Waals surface area contributed by atoms with E-state index in [9.17, 15) is 13.2 Å². The number of morpholine rings is 1. The smallest absolute Gasteiger partial charge is 0.378 e. The summed E-state index contributed by atoms with van der Waals surface area (Å²) in [6.07, 6.45) is -0.962. The molecule has 5 aromatic rings. The van der Waals surface area contributed by atoms with Crippen LogP contribution in [0.5, 0.6) is 0 Å². The van der Waals surface area contributed by atoms with E-state index in [2.05, 4.69) is 37.6 Å². The predicted octanol–water partition coefficient (Wildman–Crippen LogP) is 6.14. The number of nitrogens with one attached hydrogen (secondary N) is 1. The Balaban J connectivity index is 1.24. The van der Waals surface area contributed by atoms with E-state index in [4.69, 9.17) is 4.74 Å². The van der Waals surface area contributed by atoms with Gasteiger partial charge < -0.3 is 15.0 Å². The molecule has 39 heavy (non-hydrogen) atoms. The average Bonchev–Trinajstić information content (AvgIpc) is 3.42. The molecule has 1 aliphatic heterocycles. The van der Waals surface area contributed by atoms with Crippen LogP contribution < -0.4 is 10.2 Å². The van der Waals surface area contributed by atoms with Crippen LogP contribution in [-0.4, -0.2) is 46.3 Å². The molecule has 2 aromatic heterocycles. The number of rotatable bonds is 6. The van der Waals surface area contributed by atoms with Crippen molar-refractivity contribution in [3.63, 3.8) is 0 Å². The molecule has 3 aromatic carbocycles. The van der Waals surface area contributed by atoms with Gasteiger partial charge in [0.25, 0.3) is 0 Å². The first-order valence-electron chi connectivity index (χ1n) is 12.6. The van der Waals surface area contributed by atoms with E-state index in [0.29, 0.717) is 17.1 Å². The Kier molecular flexibility index (Phi) is 6.62. The monoisotopic (exact) mass is 530 g/mol. The van der Waals surface area contributed by atoms with Gasteiger partial charge in [-0.3, -0.25) is 4.68 Å². The third kappa shape index (κ3) is 5.42. The fourth-order valence-corrected chi connectivity index (χ4v) is 4.73. The molecule has 1 saturated heterocycles. The lowest BCUT2D eigenvalue weighted by Gasteiger charge is -2.28. The van der Waals surface area contributed by atoms with Gasteiger partial charge in [-0.15, -0.1) is 10.2 Å². The van der Waals surface area contributed by atoms with E-state index >= 15 is 0 Å². The molecule has 0 spiro atoms. The van der Waals surface area contributed by atoms with Gasteiger partial charge >= 0.3 is 6.18 Å². The van der Waals surface area contributed by atoms with Gasteiger partial charge in [-0.05, 0) is 42.0 Å². The summed E-state index contributed by atoms with van der Waals surface area (Å²) < 4.78 is 46.3. The van der Waals surface area contributed by atoms with Crippen LogP contribution in [-0.2, 0) is 17.5 Å². The molecule has 0 bridgehead atoms. The Labute approximate surface area is 222 Å². The second-order valence-corrected chi connectivity index (χ2v) is 9.34. The van der Waals surface area contributed by atoms with Gasteiger partial charge in [0.15, 0.2) is 5.82 Å². The maximum absolute atomic E-state index is 13.1. The number of aromatic nitrogens is 4. The molecular weight excluding hydrogens is 505 g/mol. The lowest BCUT2D eigenvalue weighted by molar-refractivity contribution is -0.137. The molecule has 3 heterocycles. The van der Waals surface area contributed by atoms with Crippen molar-refractivity contribution in [2.45, 2.75) is 12.7 Å². The number of halogens is 3. The lowest BCUT2D eigenvalue weighted by atomic mass is 10.1. The van der Waals surface area contributed by atoms with Crippen molar-refractivity contribution >= 4 is 28.0 Å². The number of ether oxygens (including phenoxy) is 1. The topological polar surface area (TPSA) is 68.1 Å². The van der Waals surface area contributed by atoms with Crippen LogP contribution >= 0.6 is 0 Å². The SMILES string of the molecule is FC(F)(F)c1cccc(Cn2cc(-c3nnc(Nc4ccc(N5CCOCC5)cc4)c4ccccc34)cn2)c1. The van der Waals surface area contributed by atoms with Crippen molar-refractivity contribution in [2.24, 2.45) is 0 Å². The van der Waals surface area contributed by atoms with Gasteiger partial charge in [0.2, 0.25) is 0 Å². The van der Waals surface area contributed by atoms with Crippen LogP contribution in [0.4, 0.5) is 30.4 Å². The maximum Gasteiger partial charge on any atom is 0.416 e. The highest BCUT2D eigenvalue weighted by Crippen LogP contribution is 2.32. The number of alkyl halides is 3. The lowest BCUT2D eigenvalue weighted by Crippen LogP contribution is -2.36. The first-order chi connectivity index (χ1) is 18.9. The molecule has 0 atom stereocenters. The van der Waals surface area contributed by atoms with Crippen molar-refractivity contribution in [2.75, 3.05) is 36.5 Å². The summed E-state index contributed by atoms with van der Waals surface area (Å²) in [6, 6.07) is 21.3. The zero-order valence-electron chi connectivity index (χ0n) is 20.9. The highest BCUT2D eigenvalue weighted by Gasteiger charge is 2.30. The van der Waals surface area contributed by atoms with Crippen LogP contribution in [0, 0.1) is 0 Å². The summed E-state index contributed by atoms with van der Waals surface area (Å²) in [5.74, 6) is 0.629. The molecule has 198 valence electrons. The first-order valence-corrected chi connectivity index (χ1v) is 12.6. The zero-order chi connectivity index (χ0) is 26.8. The predicted molar refractivity (Wildman–Crippen MR) is 144 cm³/mol. The third-order valence-corrected chi connectivity index (χ3v) is 6.70. The van der Waals surface area contributed by atoms with Gasteiger partial charge in [-0.1, -0.05) is 36.4 Å². The standard InChI is InChI=1S/C29H25F3N6O/c30-29(31,32)22-5-3-4-20(16-22)18-38-19-21(17-33-38)27-25-6-1-2-7-26(25)28(36-35-27)34-23-8-10-24(11-9-23)37-12-14-39-15-13-37/h1-11,16-17,19H,12-15,18H2,(H,34,36). The minimum absolute atomic E-state index is 0.204. The number of hydrogen-bond acceptors (Lipinski definition) is 6. The van der Waals surface area contributed by atoms with E-state index in [1.165, 1.54) is 6.07 Å². The van der Waals surface area contributed by atoms with Crippen LogP contribution in [0.25, 0.3) is 22.0 Å². The summed E-state index contributed by atoms with van der Waals surface area (Å²) >= 11 is 0. The Morgan fingerprint density at radius 3 is 2.41 bits per heavy atom. The van der Waals surface area contributed by atoms with Crippen LogP contribution in [0.15, 0.2) is 85.2 Å². The Morgan fingerprint density at radius 1 is 0.872 bits per heavy atom. The zero-order valence-corrected chi connectivity index (χ0v) is 20.9. The quantitative estimate of drug-likeness (QED) is 0.285. The van der Waals surface area contributed by atoms with E-state index < -0.39 is 11.7 Å². The van der Waals surface area contributed by atoms with E-state index in [0.717, 1.165) is 66.1 Å². The van der Waals surface area contributed by atoms with Crippen LogP contribution in [0.2, 0.25) is 0 Å². The minimum Gasteiger partial charge on any atom is -0.378 e. The van der Waals surface area contributed by atoms with Crippen molar-refractivity contribution < 1.29 is 17.9 Å². The van der Waals surface area contributed by atoms with Gasteiger partial charge in [-0.25, -0.2) is 0 Å². The summed E-state index contributed by atoms with van der Waals surface area (Å²) in [5, 5.41) is 18.5. The normalized spacial score (nSPS) is 14.1. The molecule has 0 radical (unpaired) electrons. The number of anilines is 3. The molecule has 1 aliphatic rings. The van der Waals surface area contributed by atoms with Crippen molar-refractivity contribution in [1.29, 1.82) is 0 Å². The number of nitrogens with zero attached hydrogens (tertiary/aromatic N) is 5. The summed E-state index contributed by atoms with van der Waals surface area (Å²) in [7, 11) is 0. The van der Waals surface area contributed by atoms with Crippen molar-refractivity contribution in [3.05, 3.63) is 96.3 Å². The van der Waals surface area contributed by atoms with Gasteiger partial charge in [0.05, 0.1) is 31.5 Å². The molecule has 1 N–H and O–H groups in total. The second kappa shape index (κ2) is 10.4. The molecule has 0 unspecified atom stereocenters. The summed E-state index contributed by atoms with van der Waals surface area (Å²) in [4.78, 5) is 2.30. The fraction of sp³-hybridized carbons (Fsp3) is 0.207. The molecule has 0 saturated carbocycles. The first kappa shape index (κ1) is 24.9. The van der Waals surface area contributed by atoms with Gasteiger partial charge in [-0.2, -0.15) is 18.3 Å². The molecule has 10 heteroatoms. The Morgan fingerprint density at radius 2 is 1.64 bits per heavy atom. The summed E-state index contributed by atoms with van der Waals surface area (Å²) in [5.41, 5.74) is 3.25. The second-order valence-electron chi connectivity index (χ2n) is 9.34. The van der Waals surface area contributed by atoms with Gasteiger partial charge in [0.1, 0.15) is 5.69 Å². The highest BCUT2D eigenvalue weighted by atomic mass is 19.4. The summed E-state index contributed by atoms with van der Waals surface area (Å²) in [6.45, 7) is 3.42. The minimum atomic E-state index is -4.39. The number of hydrogen-bond donors (Lipinski definition) is 1. The van der Waals surface area contributed by atoms with Gasteiger partial charge in [0, 0.05) is 47.0 Å². The van der Waals surface area contributed by atoms with Crippen LogP contribution in [0.1, 0.15) is 11.1 Å². The van der Waals surface area contributed by atoms with E-state index in [1.54, 1.807) is 23.1 Å². The average molecular weight is 531 g/mol. The number of fused-ring (bicyclic) bond motifs is 1. The maximum atomic E-state index is 13.1. The van der Waals surface area contributed by atoms with E-state index in [1.807, 2.05) is 36.4 Å².